The molecule has 0 aliphatic carbocycles. The van der Waals surface area contributed by atoms with Crippen LogP contribution in [0.25, 0.3) is 0 Å². The number of likely N-dealkylation sites (N-methyl/N-ethyl adjacent to an activating group) is 1. The Labute approximate surface area is 150 Å². The van der Waals surface area contributed by atoms with E-state index in [0.29, 0.717) is 11.3 Å². The molecule has 1 aromatic heterocycles. The molecule has 0 bridgehead atoms. The topological polar surface area (TPSA) is 86.7 Å². The second kappa shape index (κ2) is 8.98. The van der Waals surface area contributed by atoms with Gasteiger partial charge in [-0.3, -0.25) is 14.4 Å². The highest BCUT2D eigenvalue weighted by atomic mass is 32.1. The van der Waals surface area contributed by atoms with Crippen molar-refractivity contribution in [3.8, 4) is 0 Å². The van der Waals surface area contributed by atoms with Crippen LogP contribution < -0.4 is 5.32 Å². The molecule has 6 nitrogen and oxygen atoms in total. The molecular weight excluding hydrogens is 340 g/mol. The van der Waals surface area contributed by atoms with Crippen LogP contribution in [0.4, 0.5) is 0 Å². The lowest BCUT2D eigenvalue weighted by molar-refractivity contribution is -0.145. The minimum Gasteiger partial charge on any atom is -0.480 e. The first-order chi connectivity index (χ1) is 12.0. The lowest BCUT2D eigenvalue weighted by Gasteiger charge is -2.25. The van der Waals surface area contributed by atoms with Crippen LogP contribution in [0.3, 0.4) is 0 Å². The zero-order chi connectivity index (χ0) is 18.2. The van der Waals surface area contributed by atoms with Crippen LogP contribution in [0, 0.1) is 0 Å². The summed E-state index contributed by atoms with van der Waals surface area (Å²) in [6, 6.07) is 11.9. The molecule has 2 rings (SSSR count). The SMILES string of the molecule is CCN(CC(=O)O)C(=O)C(Cc1ccccc1)NC(=O)c1cccs1. The van der Waals surface area contributed by atoms with Gasteiger partial charge in [0, 0.05) is 13.0 Å². The van der Waals surface area contributed by atoms with Crippen LogP contribution in [-0.2, 0) is 16.0 Å². The Kier molecular flexibility index (Phi) is 6.71. The van der Waals surface area contributed by atoms with E-state index in [-0.39, 0.29) is 12.5 Å². The number of rotatable bonds is 8. The first-order valence-electron chi connectivity index (χ1n) is 7.90. The van der Waals surface area contributed by atoms with Crippen LogP contribution >= 0.6 is 11.3 Å². The number of benzene rings is 1. The number of hydrogen-bond acceptors (Lipinski definition) is 4. The van der Waals surface area contributed by atoms with Gasteiger partial charge in [0.25, 0.3) is 5.91 Å². The van der Waals surface area contributed by atoms with Crippen molar-refractivity contribution in [2.75, 3.05) is 13.1 Å². The normalized spacial score (nSPS) is 11.6. The van der Waals surface area contributed by atoms with E-state index in [1.165, 1.54) is 16.2 Å². The van der Waals surface area contributed by atoms with E-state index in [1.807, 2.05) is 30.3 Å². The number of amides is 2. The zero-order valence-electron chi connectivity index (χ0n) is 13.8. The molecule has 0 aliphatic heterocycles. The second-order valence-corrected chi connectivity index (χ2v) is 6.39. The van der Waals surface area contributed by atoms with E-state index < -0.39 is 24.5 Å². The summed E-state index contributed by atoms with van der Waals surface area (Å²) in [5, 5.41) is 13.5. The number of carboxylic acids is 1. The molecule has 0 saturated carbocycles. The quantitative estimate of drug-likeness (QED) is 0.754. The number of nitrogens with one attached hydrogen (secondary N) is 1. The molecular formula is C18H20N2O4S. The molecule has 1 unspecified atom stereocenters. The molecule has 132 valence electrons. The maximum atomic E-state index is 12.8. The van der Waals surface area contributed by atoms with Crippen molar-refractivity contribution >= 4 is 29.1 Å². The van der Waals surface area contributed by atoms with Crippen molar-refractivity contribution < 1.29 is 19.5 Å². The third-order valence-corrected chi connectivity index (χ3v) is 4.52. The maximum absolute atomic E-state index is 12.8. The Morgan fingerprint density at radius 2 is 1.88 bits per heavy atom. The van der Waals surface area contributed by atoms with Gasteiger partial charge in [0.1, 0.15) is 12.6 Å². The van der Waals surface area contributed by atoms with E-state index in [4.69, 9.17) is 5.11 Å². The molecule has 0 saturated heterocycles. The molecule has 0 aliphatic rings. The standard InChI is InChI=1S/C18H20N2O4S/c1-2-20(12-16(21)22)18(24)14(11-13-7-4-3-5-8-13)19-17(23)15-9-6-10-25-15/h3-10,14H,2,11-12H2,1H3,(H,19,23)(H,21,22). The minimum absolute atomic E-state index is 0.255. The summed E-state index contributed by atoms with van der Waals surface area (Å²) in [6.45, 7) is 1.57. The van der Waals surface area contributed by atoms with Gasteiger partial charge in [0.05, 0.1) is 4.88 Å². The van der Waals surface area contributed by atoms with Crippen LogP contribution in [-0.4, -0.2) is 46.9 Å². The smallest absolute Gasteiger partial charge is 0.323 e. The Balaban J connectivity index is 2.19. The minimum atomic E-state index is -1.08. The number of hydrogen-bond donors (Lipinski definition) is 2. The number of thiophene rings is 1. The fourth-order valence-electron chi connectivity index (χ4n) is 2.42. The van der Waals surface area contributed by atoms with E-state index in [2.05, 4.69) is 5.32 Å². The maximum Gasteiger partial charge on any atom is 0.323 e. The summed E-state index contributed by atoms with van der Waals surface area (Å²) in [4.78, 5) is 37.8. The van der Waals surface area contributed by atoms with Gasteiger partial charge in [0.2, 0.25) is 5.91 Å². The molecule has 0 spiro atoms. The van der Waals surface area contributed by atoms with Crippen LogP contribution in [0.2, 0.25) is 0 Å². The van der Waals surface area contributed by atoms with Crippen molar-refractivity contribution in [2.45, 2.75) is 19.4 Å². The van der Waals surface area contributed by atoms with Gasteiger partial charge in [-0.15, -0.1) is 11.3 Å². The highest BCUT2D eigenvalue weighted by Gasteiger charge is 2.27. The summed E-state index contributed by atoms with van der Waals surface area (Å²) in [7, 11) is 0. The fourth-order valence-corrected chi connectivity index (χ4v) is 3.04. The van der Waals surface area contributed by atoms with Gasteiger partial charge in [-0.2, -0.15) is 0 Å². The van der Waals surface area contributed by atoms with Gasteiger partial charge in [-0.05, 0) is 23.9 Å². The highest BCUT2D eigenvalue weighted by molar-refractivity contribution is 7.12. The Hall–Kier alpha value is -2.67. The molecule has 1 atom stereocenters. The Morgan fingerprint density at radius 3 is 2.44 bits per heavy atom. The van der Waals surface area contributed by atoms with E-state index in [1.54, 1.807) is 24.4 Å². The molecule has 2 N–H and O–H groups in total. The van der Waals surface area contributed by atoms with Crippen molar-refractivity contribution in [1.82, 2.24) is 10.2 Å². The number of carbonyl (C=O) groups is 3. The zero-order valence-corrected chi connectivity index (χ0v) is 14.7. The second-order valence-electron chi connectivity index (χ2n) is 5.44. The Bertz CT molecular complexity index is 716. The number of carbonyl (C=O) groups excluding carboxylic acids is 2. The first-order valence-corrected chi connectivity index (χ1v) is 8.78. The summed E-state index contributed by atoms with van der Waals surface area (Å²) in [5.74, 6) is -1.83. The van der Waals surface area contributed by atoms with Gasteiger partial charge in [0.15, 0.2) is 0 Å². The third kappa shape index (κ3) is 5.42. The van der Waals surface area contributed by atoms with Crippen LogP contribution in [0.1, 0.15) is 22.2 Å². The van der Waals surface area contributed by atoms with Crippen LogP contribution in [0.15, 0.2) is 47.8 Å². The van der Waals surface area contributed by atoms with Gasteiger partial charge >= 0.3 is 5.97 Å². The molecule has 2 amide bonds. The number of nitrogens with zero attached hydrogens (tertiary/aromatic N) is 1. The van der Waals surface area contributed by atoms with Gasteiger partial charge in [-0.1, -0.05) is 36.4 Å². The summed E-state index contributed by atoms with van der Waals surface area (Å²) in [5.41, 5.74) is 0.888. The average molecular weight is 360 g/mol. The third-order valence-electron chi connectivity index (χ3n) is 3.65. The van der Waals surface area contributed by atoms with Crippen LogP contribution in [0.5, 0.6) is 0 Å². The van der Waals surface area contributed by atoms with Crippen molar-refractivity contribution in [1.29, 1.82) is 0 Å². The molecule has 0 radical (unpaired) electrons. The fraction of sp³-hybridized carbons (Fsp3) is 0.278. The number of aliphatic carboxylic acids is 1. The van der Waals surface area contributed by atoms with E-state index in [9.17, 15) is 14.4 Å². The van der Waals surface area contributed by atoms with Crippen molar-refractivity contribution in [2.24, 2.45) is 0 Å². The predicted molar refractivity (Wildman–Crippen MR) is 95.6 cm³/mol. The van der Waals surface area contributed by atoms with Crippen molar-refractivity contribution in [3.63, 3.8) is 0 Å². The molecule has 25 heavy (non-hydrogen) atoms. The summed E-state index contributed by atoms with van der Waals surface area (Å²) >= 11 is 1.28. The first kappa shape index (κ1) is 18.7. The lowest BCUT2D eigenvalue weighted by Crippen LogP contribution is -2.50. The van der Waals surface area contributed by atoms with Gasteiger partial charge in [-0.25, -0.2) is 0 Å². The van der Waals surface area contributed by atoms with E-state index >= 15 is 0 Å². The lowest BCUT2D eigenvalue weighted by atomic mass is 10.0. The monoisotopic (exact) mass is 360 g/mol. The summed E-state index contributed by atoms with van der Waals surface area (Å²) in [6.07, 6.45) is 0.299. The molecule has 2 aromatic rings. The van der Waals surface area contributed by atoms with Gasteiger partial charge < -0.3 is 15.3 Å². The average Bonchev–Trinajstić information content (AvgIpc) is 3.14. The highest BCUT2D eigenvalue weighted by Crippen LogP contribution is 2.11. The molecule has 1 heterocycles. The number of carboxylic acid groups (broad SMARTS) is 1. The van der Waals surface area contributed by atoms with Crippen molar-refractivity contribution in [3.05, 3.63) is 58.3 Å². The molecule has 0 fully saturated rings. The largest absolute Gasteiger partial charge is 0.480 e. The summed E-state index contributed by atoms with van der Waals surface area (Å²) < 4.78 is 0. The predicted octanol–water partition coefficient (Wildman–Crippen LogP) is 2.02. The molecule has 7 heteroatoms. The Morgan fingerprint density at radius 1 is 1.16 bits per heavy atom. The van der Waals surface area contributed by atoms with E-state index in [0.717, 1.165) is 5.56 Å². The molecule has 1 aromatic carbocycles.